The highest BCUT2D eigenvalue weighted by atomic mass is 19.1. The van der Waals surface area contributed by atoms with Crippen LogP contribution in [0.15, 0.2) is 48.5 Å². The van der Waals surface area contributed by atoms with Crippen molar-refractivity contribution in [1.82, 2.24) is 4.90 Å². The Hall–Kier alpha value is -2.67. The average molecular weight is 268 g/mol. The number of benzene rings is 2. The average Bonchev–Trinajstić information content (AvgIpc) is 2.48. The van der Waals surface area contributed by atoms with Crippen LogP contribution in [0, 0.1) is 17.1 Å². The van der Waals surface area contributed by atoms with E-state index in [2.05, 4.69) is 0 Å². The maximum Gasteiger partial charge on any atom is 0.253 e. The number of carbonyl (C=O) groups excluding carboxylic acids is 1. The molecular weight excluding hydrogens is 255 g/mol. The van der Waals surface area contributed by atoms with Crippen LogP contribution in [0.4, 0.5) is 4.39 Å². The molecule has 0 aliphatic rings. The fourth-order valence-corrected chi connectivity index (χ4v) is 1.90. The lowest BCUT2D eigenvalue weighted by molar-refractivity contribution is 0.0784. The summed E-state index contributed by atoms with van der Waals surface area (Å²) in [6.07, 6.45) is 0. The van der Waals surface area contributed by atoms with E-state index in [0.717, 1.165) is 0 Å². The second kappa shape index (κ2) is 5.98. The summed E-state index contributed by atoms with van der Waals surface area (Å²) in [7, 11) is 1.60. The molecule has 0 aromatic heterocycles. The topological polar surface area (TPSA) is 44.1 Å². The Morgan fingerprint density at radius 3 is 2.70 bits per heavy atom. The standard InChI is InChI=1S/C16H13FN2O/c1-19(11-14-6-2-3-8-15(14)17)16(20)13-7-4-5-12(9-13)10-18/h2-9H,11H2,1H3. The third kappa shape index (κ3) is 3.01. The Bertz CT molecular complexity index is 676. The first-order valence-corrected chi connectivity index (χ1v) is 6.11. The zero-order valence-electron chi connectivity index (χ0n) is 11.0. The van der Waals surface area contributed by atoms with Crippen molar-refractivity contribution in [2.24, 2.45) is 0 Å². The molecule has 4 heteroatoms. The maximum absolute atomic E-state index is 13.6. The van der Waals surface area contributed by atoms with Gasteiger partial charge in [-0.25, -0.2) is 4.39 Å². The molecule has 20 heavy (non-hydrogen) atoms. The fraction of sp³-hybridized carbons (Fsp3) is 0.125. The zero-order valence-corrected chi connectivity index (χ0v) is 11.0. The molecule has 2 aromatic carbocycles. The molecule has 100 valence electrons. The minimum atomic E-state index is -0.335. The number of nitriles is 1. The van der Waals surface area contributed by atoms with Gasteiger partial charge in [-0.2, -0.15) is 5.26 Å². The van der Waals surface area contributed by atoms with Gasteiger partial charge in [-0.3, -0.25) is 4.79 Å². The number of hydrogen-bond donors (Lipinski definition) is 0. The van der Waals surface area contributed by atoms with Crippen molar-refractivity contribution in [1.29, 1.82) is 5.26 Å². The smallest absolute Gasteiger partial charge is 0.253 e. The highest BCUT2D eigenvalue weighted by Crippen LogP contribution is 2.12. The minimum Gasteiger partial charge on any atom is -0.337 e. The molecule has 0 aliphatic heterocycles. The van der Waals surface area contributed by atoms with Crippen LogP contribution in [0.3, 0.4) is 0 Å². The molecule has 0 radical (unpaired) electrons. The lowest BCUT2D eigenvalue weighted by atomic mass is 10.1. The van der Waals surface area contributed by atoms with Gasteiger partial charge in [0.25, 0.3) is 5.91 Å². The minimum absolute atomic E-state index is 0.183. The van der Waals surface area contributed by atoms with Crippen molar-refractivity contribution in [3.05, 3.63) is 71.0 Å². The molecule has 0 aliphatic carbocycles. The van der Waals surface area contributed by atoms with Gasteiger partial charge in [0.05, 0.1) is 11.6 Å². The van der Waals surface area contributed by atoms with Gasteiger partial charge in [-0.05, 0) is 24.3 Å². The highest BCUT2D eigenvalue weighted by Gasteiger charge is 2.13. The van der Waals surface area contributed by atoms with Gasteiger partial charge in [-0.15, -0.1) is 0 Å². The Morgan fingerprint density at radius 1 is 1.25 bits per heavy atom. The number of amides is 1. The summed E-state index contributed by atoms with van der Waals surface area (Å²) in [6.45, 7) is 0.183. The van der Waals surface area contributed by atoms with Crippen molar-refractivity contribution in [3.8, 4) is 6.07 Å². The summed E-state index contributed by atoms with van der Waals surface area (Å²) in [4.78, 5) is 13.6. The second-order valence-corrected chi connectivity index (χ2v) is 4.45. The lowest BCUT2D eigenvalue weighted by Crippen LogP contribution is -2.26. The Balaban J connectivity index is 2.17. The third-order valence-electron chi connectivity index (χ3n) is 2.95. The molecule has 1 amide bonds. The quantitative estimate of drug-likeness (QED) is 0.859. The van der Waals surface area contributed by atoms with Crippen LogP contribution in [0.1, 0.15) is 21.5 Å². The molecule has 0 saturated carbocycles. The van der Waals surface area contributed by atoms with Gasteiger partial charge >= 0.3 is 0 Å². The van der Waals surface area contributed by atoms with E-state index in [0.29, 0.717) is 16.7 Å². The number of rotatable bonds is 3. The van der Waals surface area contributed by atoms with Gasteiger partial charge in [0.1, 0.15) is 5.82 Å². The van der Waals surface area contributed by atoms with E-state index < -0.39 is 0 Å². The number of carbonyl (C=O) groups is 1. The van der Waals surface area contributed by atoms with Crippen LogP contribution in [-0.4, -0.2) is 17.9 Å². The fourth-order valence-electron chi connectivity index (χ4n) is 1.90. The van der Waals surface area contributed by atoms with Crippen LogP contribution in [0.5, 0.6) is 0 Å². The molecule has 2 aromatic rings. The van der Waals surface area contributed by atoms with Crippen molar-refractivity contribution in [2.75, 3.05) is 7.05 Å². The summed E-state index contributed by atoms with van der Waals surface area (Å²) >= 11 is 0. The van der Waals surface area contributed by atoms with Gasteiger partial charge in [-0.1, -0.05) is 24.3 Å². The Morgan fingerprint density at radius 2 is 2.00 bits per heavy atom. The van der Waals surface area contributed by atoms with Crippen molar-refractivity contribution >= 4 is 5.91 Å². The second-order valence-electron chi connectivity index (χ2n) is 4.45. The molecule has 2 rings (SSSR count). The predicted molar refractivity (Wildman–Crippen MR) is 73.4 cm³/mol. The number of hydrogen-bond acceptors (Lipinski definition) is 2. The monoisotopic (exact) mass is 268 g/mol. The third-order valence-corrected chi connectivity index (χ3v) is 2.95. The van der Waals surface area contributed by atoms with Gasteiger partial charge in [0, 0.05) is 24.7 Å². The molecule has 3 nitrogen and oxygen atoms in total. The number of halogens is 1. The molecular formula is C16H13FN2O. The Kier molecular flexibility index (Phi) is 4.11. The van der Waals surface area contributed by atoms with Crippen molar-refractivity contribution in [2.45, 2.75) is 6.54 Å². The van der Waals surface area contributed by atoms with Crippen LogP contribution < -0.4 is 0 Å². The Labute approximate surface area is 116 Å². The van der Waals surface area contributed by atoms with Gasteiger partial charge < -0.3 is 4.90 Å². The van der Waals surface area contributed by atoms with Gasteiger partial charge in [0.2, 0.25) is 0 Å². The first-order chi connectivity index (χ1) is 9.61. The molecule has 0 fully saturated rings. The first-order valence-electron chi connectivity index (χ1n) is 6.11. The van der Waals surface area contributed by atoms with Gasteiger partial charge in [0.15, 0.2) is 0 Å². The maximum atomic E-state index is 13.6. The SMILES string of the molecule is CN(Cc1ccccc1F)C(=O)c1cccc(C#N)c1. The van der Waals surface area contributed by atoms with E-state index in [1.807, 2.05) is 6.07 Å². The van der Waals surface area contributed by atoms with Crippen molar-refractivity contribution < 1.29 is 9.18 Å². The molecule has 0 bridgehead atoms. The summed E-state index contributed by atoms with van der Waals surface area (Å²) in [5.74, 6) is -0.580. The van der Waals surface area contributed by atoms with Crippen LogP contribution >= 0.6 is 0 Å². The zero-order chi connectivity index (χ0) is 14.5. The van der Waals surface area contributed by atoms with Crippen LogP contribution in [0.2, 0.25) is 0 Å². The molecule has 0 atom stereocenters. The first kappa shape index (κ1) is 13.8. The van der Waals surface area contributed by atoms with Crippen LogP contribution in [0.25, 0.3) is 0 Å². The van der Waals surface area contributed by atoms with E-state index in [1.165, 1.54) is 17.0 Å². The van der Waals surface area contributed by atoms with Crippen LogP contribution in [-0.2, 0) is 6.54 Å². The van der Waals surface area contributed by atoms with E-state index in [4.69, 9.17) is 5.26 Å². The van der Waals surface area contributed by atoms with Crippen molar-refractivity contribution in [3.63, 3.8) is 0 Å². The summed E-state index contributed by atoms with van der Waals surface area (Å²) in [5, 5.41) is 8.83. The number of nitrogens with zero attached hydrogens (tertiary/aromatic N) is 2. The lowest BCUT2D eigenvalue weighted by Gasteiger charge is -2.17. The molecule has 0 spiro atoms. The predicted octanol–water partition coefficient (Wildman–Crippen LogP) is 2.97. The molecule has 0 heterocycles. The van der Waals surface area contributed by atoms with E-state index in [-0.39, 0.29) is 18.3 Å². The summed E-state index contributed by atoms with van der Waals surface area (Å²) < 4.78 is 13.6. The van der Waals surface area contributed by atoms with E-state index in [1.54, 1.807) is 43.4 Å². The van der Waals surface area contributed by atoms with E-state index >= 15 is 0 Å². The van der Waals surface area contributed by atoms with E-state index in [9.17, 15) is 9.18 Å². The molecule has 0 saturated heterocycles. The highest BCUT2D eigenvalue weighted by molar-refractivity contribution is 5.94. The largest absolute Gasteiger partial charge is 0.337 e. The summed E-state index contributed by atoms with van der Waals surface area (Å²) in [5.41, 5.74) is 1.30. The normalized spacial score (nSPS) is 9.85. The molecule has 0 N–H and O–H groups in total. The molecule has 0 unspecified atom stereocenters. The summed E-state index contributed by atoms with van der Waals surface area (Å²) in [6, 6.07) is 14.8.